The van der Waals surface area contributed by atoms with Crippen molar-refractivity contribution < 1.29 is 0 Å². The van der Waals surface area contributed by atoms with E-state index in [2.05, 4.69) is 33.6 Å². The van der Waals surface area contributed by atoms with Gasteiger partial charge in [-0.1, -0.05) is 0 Å². The van der Waals surface area contributed by atoms with E-state index in [1.165, 1.54) is 25.9 Å². The van der Waals surface area contributed by atoms with Crippen LogP contribution in [0.15, 0.2) is 18.3 Å². The van der Waals surface area contributed by atoms with Gasteiger partial charge in [-0.2, -0.15) is 0 Å². The predicted octanol–water partition coefficient (Wildman–Crippen LogP) is 1.88. The van der Waals surface area contributed by atoms with Crippen LogP contribution in [0.1, 0.15) is 12.8 Å². The molecule has 0 amide bonds. The van der Waals surface area contributed by atoms with Gasteiger partial charge in [0, 0.05) is 31.5 Å². The van der Waals surface area contributed by atoms with Crippen LogP contribution in [0.25, 0.3) is 0 Å². The third-order valence-electron chi connectivity index (χ3n) is 3.46. The Morgan fingerprint density at radius 3 is 2.88 bits per heavy atom. The van der Waals surface area contributed by atoms with Crippen molar-refractivity contribution in [3.8, 4) is 0 Å². The molecule has 17 heavy (non-hydrogen) atoms. The maximum absolute atomic E-state index is 4.33. The number of aromatic nitrogens is 1. The molecule has 2 heterocycles. The highest BCUT2D eigenvalue weighted by Gasteiger charge is 2.16. The number of pyridine rings is 1. The van der Waals surface area contributed by atoms with E-state index in [0.717, 1.165) is 24.0 Å². The monoisotopic (exact) mass is 234 g/mol. The highest BCUT2D eigenvalue weighted by atomic mass is 15.1. The van der Waals surface area contributed by atoms with Crippen LogP contribution >= 0.6 is 0 Å². The minimum Gasteiger partial charge on any atom is -0.388 e. The lowest BCUT2D eigenvalue weighted by atomic mass is 9.97. The van der Waals surface area contributed by atoms with E-state index in [4.69, 9.17) is 0 Å². The van der Waals surface area contributed by atoms with Crippen molar-refractivity contribution in [1.82, 2.24) is 9.88 Å². The Kier molecular flexibility index (Phi) is 4.20. The lowest BCUT2D eigenvalue weighted by Crippen LogP contribution is -2.33. The molecule has 1 aromatic rings. The summed E-state index contributed by atoms with van der Waals surface area (Å²) in [6, 6.07) is 4.02. The first kappa shape index (κ1) is 12.2. The zero-order valence-corrected chi connectivity index (χ0v) is 10.7. The largest absolute Gasteiger partial charge is 0.388 e. The number of hydrogen-bond acceptors (Lipinski definition) is 4. The average Bonchev–Trinajstić information content (AvgIpc) is 2.38. The molecule has 0 radical (unpaired) electrons. The van der Waals surface area contributed by atoms with Crippen molar-refractivity contribution in [2.45, 2.75) is 12.8 Å². The molecule has 94 valence electrons. The van der Waals surface area contributed by atoms with Gasteiger partial charge in [-0.15, -0.1) is 0 Å². The van der Waals surface area contributed by atoms with Crippen LogP contribution in [0.2, 0.25) is 0 Å². The van der Waals surface area contributed by atoms with Gasteiger partial charge < -0.3 is 15.5 Å². The molecule has 2 N–H and O–H groups in total. The Morgan fingerprint density at radius 1 is 1.41 bits per heavy atom. The van der Waals surface area contributed by atoms with E-state index in [-0.39, 0.29) is 0 Å². The molecule has 1 saturated heterocycles. The Labute approximate surface area is 103 Å². The maximum atomic E-state index is 4.33. The van der Waals surface area contributed by atoms with E-state index in [0.29, 0.717) is 0 Å². The molecule has 2 rings (SSSR count). The molecule has 1 aliphatic heterocycles. The van der Waals surface area contributed by atoms with Gasteiger partial charge in [-0.3, -0.25) is 0 Å². The first-order valence-electron chi connectivity index (χ1n) is 6.34. The molecule has 0 saturated carbocycles. The fourth-order valence-corrected chi connectivity index (χ4v) is 2.20. The second-order valence-electron chi connectivity index (χ2n) is 4.81. The van der Waals surface area contributed by atoms with Gasteiger partial charge in [-0.05, 0) is 45.0 Å². The predicted molar refractivity (Wildman–Crippen MR) is 72.5 cm³/mol. The van der Waals surface area contributed by atoms with Crippen LogP contribution in [0, 0.1) is 5.92 Å². The molecule has 0 aromatic carbocycles. The number of rotatable bonds is 4. The molecule has 0 unspecified atom stereocenters. The molecule has 4 nitrogen and oxygen atoms in total. The van der Waals surface area contributed by atoms with E-state index in [1.807, 2.05) is 19.3 Å². The normalized spacial score (nSPS) is 18.0. The van der Waals surface area contributed by atoms with Crippen LogP contribution in [0.3, 0.4) is 0 Å². The number of piperidine rings is 1. The molecule has 1 aromatic heterocycles. The summed E-state index contributed by atoms with van der Waals surface area (Å²) < 4.78 is 0. The Hall–Kier alpha value is -1.29. The first-order chi connectivity index (χ1) is 8.28. The number of likely N-dealkylation sites (tertiary alicyclic amines) is 1. The molecule has 1 aliphatic rings. The summed E-state index contributed by atoms with van der Waals surface area (Å²) in [6.45, 7) is 3.47. The lowest BCUT2D eigenvalue weighted by molar-refractivity contribution is 0.226. The van der Waals surface area contributed by atoms with Gasteiger partial charge >= 0.3 is 0 Å². The second kappa shape index (κ2) is 5.87. The van der Waals surface area contributed by atoms with Crippen LogP contribution < -0.4 is 10.6 Å². The number of nitrogens with one attached hydrogen (secondary N) is 2. The quantitative estimate of drug-likeness (QED) is 0.834. The molecule has 4 heteroatoms. The Bertz CT molecular complexity index is 345. The zero-order chi connectivity index (χ0) is 12.1. The summed E-state index contributed by atoms with van der Waals surface area (Å²) in [7, 11) is 4.12. The van der Waals surface area contributed by atoms with Crippen molar-refractivity contribution in [1.29, 1.82) is 0 Å². The molecular formula is C13H22N4. The summed E-state index contributed by atoms with van der Waals surface area (Å²) in [5.74, 6) is 1.75. The standard InChI is InChI=1S/C13H22N4/c1-14-12-3-6-15-13(9-12)16-10-11-4-7-17(2)8-5-11/h3,6,9,11H,4-5,7-8,10H2,1-2H3,(H2,14,15,16). The fourth-order valence-electron chi connectivity index (χ4n) is 2.20. The van der Waals surface area contributed by atoms with Gasteiger partial charge in [0.25, 0.3) is 0 Å². The smallest absolute Gasteiger partial charge is 0.127 e. The minimum atomic E-state index is 0.784. The minimum absolute atomic E-state index is 0.784. The molecule has 1 fully saturated rings. The van der Waals surface area contributed by atoms with Gasteiger partial charge in [-0.25, -0.2) is 4.98 Å². The van der Waals surface area contributed by atoms with Crippen LogP contribution in [-0.2, 0) is 0 Å². The van der Waals surface area contributed by atoms with Crippen molar-refractivity contribution >= 4 is 11.5 Å². The van der Waals surface area contributed by atoms with Crippen LogP contribution in [-0.4, -0.2) is 43.6 Å². The highest BCUT2D eigenvalue weighted by Crippen LogP contribution is 2.17. The topological polar surface area (TPSA) is 40.2 Å². The third kappa shape index (κ3) is 3.60. The van der Waals surface area contributed by atoms with E-state index in [9.17, 15) is 0 Å². The molecule has 0 bridgehead atoms. The Morgan fingerprint density at radius 2 is 2.18 bits per heavy atom. The summed E-state index contributed by atoms with van der Waals surface area (Å²) in [5.41, 5.74) is 1.10. The average molecular weight is 234 g/mol. The van der Waals surface area contributed by atoms with E-state index >= 15 is 0 Å². The SMILES string of the molecule is CNc1ccnc(NCC2CCN(C)CC2)c1. The van der Waals surface area contributed by atoms with Gasteiger partial charge in [0.2, 0.25) is 0 Å². The van der Waals surface area contributed by atoms with Gasteiger partial charge in [0.05, 0.1) is 0 Å². The Balaban J connectivity index is 1.81. The summed E-state index contributed by atoms with van der Waals surface area (Å²) in [6.07, 6.45) is 4.41. The maximum Gasteiger partial charge on any atom is 0.127 e. The van der Waals surface area contributed by atoms with E-state index in [1.54, 1.807) is 0 Å². The highest BCUT2D eigenvalue weighted by molar-refractivity contribution is 5.51. The van der Waals surface area contributed by atoms with Crippen molar-refractivity contribution in [3.05, 3.63) is 18.3 Å². The number of hydrogen-bond donors (Lipinski definition) is 2. The summed E-state index contributed by atoms with van der Waals surface area (Å²) in [4.78, 5) is 6.72. The second-order valence-corrected chi connectivity index (χ2v) is 4.81. The summed E-state index contributed by atoms with van der Waals surface area (Å²) >= 11 is 0. The fraction of sp³-hybridized carbons (Fsp3) is 0.615. The molecule has 0 spiro atoms. The molecule has 0 aliphatic carbocycles. The number of nitrogens with zero attached hydrogens (tertiary/aromatic N) is 2. The molecule has 0 atom stereocenters. The summed E-state index contributed by atoms with van der Waals surface area (Å²) in [5, 5.41) is 6.56. The molecular weight excluding hydrogens is 212 g/mol. The van der Waals surface area contributed by atoms with Gasteiger partial charge in [0.1, 0.15) is 5.82 Å². The van der Waals surface area contributed by atoms with Crippen molar-refractivity contribution in [2.75, 3.05) is 44.4 Å². The van der Waals surface area contributed by atoms with E-state index < -0.39 is 0 Å². The van der Waals surface area contributed by atoms with Crippen LogP contribution in [0.5, 0.6) is 0 Å². The first-order valence-corrected chi connectivity index (χ1v) is 6.34. The third-order valence-corrected chi connectivity index (χ3v) is 3.46. The lowest BCUT2D eigenvalue weighted by Gasteiger charge is -2.29. The zero-order valence-electron chi connectivity index (χ0n) is 10.7. The van der Waals surface area contributed by atoms with Crippen molar-refractivity contribution in [2.24, 2.45) is 5.92 Å². The van der Waals surface area contributed by atoms with Gasteiger partial charge in [0.15, 0.2) is 0 Å². The van der Waals surface area contributed by atoms with Crippen molar-refractivity contribution in [3.63, 3.8) is 0 Å². The van der Waals surface area contributed by atoms with Crippen LogP contribution in [0.4, 0.5) is 11.5 Å². The number of anilines is 2.